The van der Waals surface area contributed by atoms with Crippen LogP contribution in [-0.2, 0) is 21.3 Å². The van der Waals surface area contributed by atoms with Gasteiger partial charge in [-0.3, -0.25) is 14.5 Å². The number of piperazine rings is 1. The number of nitrogens with one attached hydrogen (secondary N) is 2. The maximum absolute atomic E-state index is 13.6. The SMILES string of the molecule is CN1CCN(C(C)(C(=O)NN2C=C(c3ccc(C(F)(F)F)cc3)O[NH+]2[O-])c2cccc(O)c2)CC1.[Cl-]. The fourth-order valence-electron chi connectivity index (χ4n) is 4.11. The standard InChI is InChI=1S/C23H26F3N5O4.ClH/c1-22(18-4-3-5-19(32)14-18,29-12-10-28(2)11-13-29)21(33)27-30-15-20(35-31(30)34)16-6-8-17(9-7-16)23(24,25)26;/h3-9,14-15,31-32H,10-13H2,1-2H3,(H,27,33);1H/p-1. The van der Waals surface area contributed by atoms with Crippen molar-refractivity contribution < 1.29 is 45.7 Å². The molecule has 0 aromatic heterocycles. The van der Waals surface area contributed by atoms with Crippen molar-refractivity contribution in [3.63, 3.8) is 0 Å². The van der Waals surface area contributed by atoms with Crippen LogP contribution < -0.4 is 23.2 Å². The topological polar surface area (TPSA) is 95.8 Å². The van der Waals surface area contributed by atoms with Crippen LogP contribution in [0.4, 0.5) is 13.2 Å². The van der Waals surface area contributed by atoms with Crippen LogP contribution in [-0.4, -0.2) is 59.2 Å². The van der Waals surface area contributed by atoms with E-state index in [1.807, 2.05) is 11.9 Å². The highest BCUT2D eigenvalue weighted by molar-refractivity contribution is 5.87. The molecule has 13 heteroatoms. The number of rotatable bonds is 5. The monoisotopic (exact) mass is 528 g/mol. The molecule has 2 aromatic rings. The van der Waals surface area contributed by atoms with Gasteiger partial charge in [0.25, 0.3) is 5.91 Å². The molecule has 0 spiro atoms. The number of likely N-dealkylation sites (N-methyl/N-ethyl adjacent to an activating group) is 1. The molecule has 0 radical (unpaired) electrons. The van der Waals surface area contributed by atoms with Gasteiger partial charge in [-0.15, -0.1) is 0 Å². The van der Waals surface area contributed by atoms with E-state index in [9.17, 15) is 28.3 Å². The summed E-state index contributed by atoms with van der Waals surface area (Å²) < 4.78 is 38.5. The van der Waals surface area contributed by atoms with Crippen LogP contribution in [0.5, 0.6) is 5.75 Å². The molecule has 4 rings (SSSR count). The Labute approximate surface area is 212 Å². The number of hydrogen-bond donors (Lipinski definition) is 3. The summed E-state index contributed by atoms with van der Waals surface area (Å²) in [7, 11) is 1.98. The second-order valence-corrected chi connectivity index (χ2v) is 8.66. The third kappa shape index (κ3) is 5.52. The number of hydrazine groups is 1. The van der Waals surface area contributed by atoms with E-state index in [1.54, 1.807) is 19.1 Å². The van der Waals surface area contributed by atoms with Crippen molar-refractivity contribution >= 4 is 11.7 Å². The number of aromatic hydroxyl groups is 1. The van der Waals surface area contributed by atoms with E-state index in [4.69, 9.17) is 4.84 Å². The second-order valence-electron chi connectivity index (χ2n) is 8.66. The third-order valence-corrected chi connectivity index (χ3v) is 6.35. The van der Waals surface area contributed by atoms with Gasteiger partial charge in [-0.05, 0) is 43.8 Å². The molecule has 2 aromatic carbocycles. The number of quaternary nitrogens is 1. The summed E-state index contributed by atoms with van der Waals surface area (Å²) in [4.78, 5) is 22.9. The molecule has 196 valence electrons. The normalized spacial score (nSPS) is 20.7. The zero-order valence-electron chi connectivity index (χ0n) is 19.6. The molecule has 2 aliphatic rings. The summed E-state index contributed by atoms with van der Waals surface area (Å²) in [6, 6.07) is 10.5. The number of carbonyl (C=O) groups excluding carboxylic acids is 1. The molecule has 2 atom stereocenters. The molecule has 0 bridgehead atoms. The number of hydrogen-bond acceptors (Lipinski definition) is 7. The maximum Gasteiger partial charge on any atom is 0.416 e. The largest absolute Gasteiger partial charge is 1.00 e. The number of phenolic OH excluding ortho intramolecular Hbond substituents is 1. The summed E-state index contributed by atoms with van der Waals surface area (Å²) in [5.74, 6) is -0.530. The summed E-state index contributed by atoms with van der Waals surface area (Å²) in [5, 5.41) is 22.5. The lowest BCUT2D eigenvalue weighted by Gasteiger charge is -2.44. The Bertz CT molecular complexity index is 1110. The van der Waals surface area contributed by atoms with Crippen LogP contribution in [0.15, 0.2) is 54.7 Å². The Morgan fingerprint density at radius 3 is 2.31 bits per heavy atom. The lowest BCUT2D eigenvalue weighted by atomic mass is 9.88. The van der Waals surface area contributed by atoms with E-state index < -0.39 is 28.5 Å². The van der Waals surface area contributed by atoms with Gasteiger partial charge < -0.3 is 27.6 Å². The molecule has 2 aliphatic heterocycles. The average Bonchev–Trinajstić information content (AvgIpc) is 3.18. The first-order valence-corrected chi connectivity index (χ1v) is 10.9. The van der Waals surface area contributed by atoms with Gasteiger partial charge in [0.1, 0.15) is 17.5 Å². The minimum Gasteiger partial charge on any atom is -1.00 e. The first-order valence-electron chi connectivity index (χ1n) is 10.9. The fraction of sp³-hybridized carbons (Fsp3) is 0.348. The highest BCUT2D eigenvalue weighted by Gasteiger charge is 2.44. The quantitative estimate of drug-likeness (QED) is 0.405. The van der Waals surface area contributed by atoms with Gasteiger partial charge in [0.05, 0.1) is 5.56 Å². The number of benzene rings is 2. The van der Waals surface area contributed by atoms with Crippen molar-refractivity contribution in [2.24, 2.45) is 0 Å². The van der Waals surface area contributed by atoms with Gasteiger partial charge in [-0.25, -0.2) is 5.43 Å². The molecular formula is C23H26ClF3N5O4-. The molecule has 36 heavy (non-hydrogen) atoms. The molecule has 9 nitrogen and oxygen atoms in total. The van der Waals surface area contributed by atoms with Gasteiger partial charge in [0.15, 0.2) is 0 Å². The predicted octanol–water partition coefficient (Wildman–Crippen LogP) is -1.55. The van der Waals surface area contributed by atoms with E-state index in [0.717, 1.165) is 30.3 Å². The van der Waals surface area contributed by atoms with Crippen molar-refractivity contribution in [2.45, 2.75) is 18.6 Å². The van der Waals surface area contributed by atoms with Gasteiger partial charge >= 0.3 is 6.18 Å². The highest BCUT2D eigenvalue weighted by atomic mass is 35.5. The van der Waals surface area contributed by atoms with E-state index in [2.05, 4.69) is 10.3 Å². The summed E-state index contributed by atoms with van der Waals surface area (Å²) in [6.45, 7) is 4.32. The highest BCUT2D eigenvalue weighted by Crippen LogP contribution is 2.33. The molecule has 3 N–H and O–H groups in total. The Hall–Kier alpha value is -3.03. The molecule has 0 aliphatic carbocycles. The van der Waals surface area contributed by atoms with Crippen LogP contribution in [0, 0.1) is 5.21 Å². The molecule has 1 amide bonds. The average molecular weight is 529 g/mol. The fourth-order valence-corrected chi connectivity index (χ4v) is 4.11. The Morgan fingerprint density at radius 1 is 1.08 bits per heavy atom. The van der Waals surface area contributed by atoms with Crippen LogP contribution in [0.2, 0.25) is 0 Å². The lowest BCUT2D eigenvalue weighted by molar-refractivity contribution is -1.12. The number of carbonyl (C=O) groups is 1. The van der Waals surface area contributed by atoms with Gasteiger partial charge in [-0.1, -0.05) is 34.7 Å². The molecule has 2 heterocycles. The predicted molar refractivity (Wildman–Crippen MR) is 119 cm³/mol. The van der Waals surface area contributed by atoms with E-state index >= 15 is 0 Å². The molecular weight excluding hydrogens is 503 g/mol. The summed E-state index contributed by atoms with van der Waals surface area (Å²) in [6.07, 6.45) is -3.27. The van der Waals surface area contributed by atoms with Crippen molar-refractivity contribution in [2.75, 3.05) is 33.2 Å². The number of halogens is 4. The minimum absolute atomic E-state index is 0. The van der Waals surface area contributed by atoms with Crippen molar-refractivity contribution in [1.82, 2.24) is 20.3 Å². The van der Waals surface area contributed by atoms with Crippen molar-refractivity contribution in [1.29, 1.82) is 0 Å². The second kappa shape index (κ2) is 10.5. The molecule has 0 saturated carbocycles. The molecule has 1 fully saturated rings. The molecule has 2 unspecified atom stereocenters. The Kier molecular flexibility index (Phi) is 8.06. The Balaban J connectivity index is 0.00000361. The summed E-state index contributed by atoms with van der Waals surface area (Å²) in [5.41, 5.74) is 1.29. The number of nitrogens with zero attached hydrogens (tertiary/aromatic N) is 3. The number of phenols is 1. The smallest absolute Gasteiger partial charge is 0.416 e. The van der Waals surface area contributed by atoms with Gasteiger partial charge in [-0.2, -0.15) is 13.2 Å². The van der Waals surface area contributed by atoms with E-state index in [0.29, 0.717) is 18.7 Å². The van der Waals surface area contributed by atoms with Crippen LogP contribution >= 0.6 is 0 Å². The van der Waals surface area contributed by atoms with E-state index in [1.165, 1.54) is 30.5 Å². The third-order valence-electron chi connectivity index (χ3n) is 6.35. The Morgan fingerprint density at radius 2 is 1.72 bits per heavy atom. The number of alkyl halides is 3. The first kappa shape index (κ1) is 27.6. The van der Waals surface area contributed by atoms with E-state index in [-0.39, 0.29) is 29.5 Å². The van der Waals surface area contributed by atoms with Crippen LogP contribution in [0.3, 0.4) is 0 Å². The van der Waals surface area contributed by atoms with Crippen molar-refractivity contribution in [3.8, 4) is 5.75 Å². The first-order chi connectivity index (χ1) is 16.5. The van der Waals surface area contributed by atoms with Crippen LogP contribution in [0.1, 0.15) is 23.6 Å². The minimum atomic E-state index is -4.49. The van der Waals surface area contributed by atoms with Gasteiger partial charge in [0, 0.05) is 31.7 Å². The van der Waals surface area contributed by atoms with Gasteiger partial charge in [0.2, 0.25) is 5.76 Å². The zero-order chi connectivity index (χ0) is 25.4. The number of amides is 1. The zero-order valence-corrected chi connectivity index (χ0v) is 20.3. The lowest BCUT2D eigenvalue weighted by Crippen LogP contribution is -3.12. The van der Waals surface area contributed by atoms with Crippen LogP contribution in [0.25, 0.3) is 5.76 Å². The van der Waals surface area contributed by atoms with Crippen molar-refractivity contribution in [3.05, 3.63) is 76.6 Å². The maximum atomic E-state index is 13.6. The molecule has 1 saturated heterocycles. The summed E-state index contributed by atoms with van der Waals surface area (Å²) >= 11 is 0.